The second kappa shape index (κ2) is 6.96. The van der Waals surface area contributed by atoms with Crippen LogP contribution in [0.15, 0.2) is 102 Å². The second-order valence-electron chi connectivity index (χ2n) is 7.77. The number of nitrogens with one attached hydrogen (secondary N) is 2. The molecule has 0 bridgehead atoms. The summed E-state index contributed by atoms with van der Waals surface area (Å²) >= 11 is 1.47. The van der Waals surface area contributed by atoms with Crippen LogP contribution in [0.4, 0.5) is 0 Å². The first-order valence-corrected chi connectivity index (χ1v) is 11.1. The molecule has 0 spiro atoms. The second-order valence-corrected chi connectivity index (χ2v) is 8.85. The van der Waals surface area contributed by atoms with E-state index in [2.05, 4.69) is 65.2 Å². The Labute approximate surface area is 184 Å². The van der Waals surface area contributed by atoms with E-state index in [1.807, 2.05) is 36.4 Å². The minimum Gasteiger partial charge on any atom is -0.309 e. The smallest absolute Gasteiger partial charge is 0.0824 e. The summed E-state index contributed by atoms with van der Waals surface area (Å²) in [7, 11) is 0. The zero-order valence-corrected chi connectivity index (χ0v) is 17.5. The van der Waals surface area contributed by atoms with E-state index in [4.69, 9.17) is 10.8 Å². The van der Waals surface area contributed by atoms with Crippen molar-refractivity contribution < 1.29 is 0 Å². The average Bonchev–Trinajstić information content (AvgIpc) is 3.33. The van der Waals surface area contributed by atoms with Gasteiger partial charge in [0.1, 0.15) is 0 Å². The number of thioether (sulfide) groups is 1. The zero-order valence-electron chi connectivity index (χ0n) is 16.7. The number of hydrogen-bond donors (Lipinski definition) is 2. The third-order valence-corrected chi connectivity index (χ3v) is 7.05. The lowest BCUT2D eigenvalue weighted by Crippen LogP contribution is -2.16. The summed E-state index contributed by atoms with van der Waals surface area (Å²) in [5.74, 6) is -0.291. The van der Waals surface area contributed by atoms with Crippen LogP contribution in [-0.2, 0) is 0 Å². The number of para-hydroxylation sites is 2. The predicted molar refractivity (Wildman–Crippen MR) is 130 cm³/mol. The highest BCUT2D eigenvalue weighted by Gasteiger charge is 2.32. The largest absolute Gasteiger partial charge is 0.309 e. The van der Waals surface area contributed by atoms with E-state index in [1.165, 1.54) is 17.1 Å². The lowest BCUT2D eigenvalue weighted by molar-refractivity contribution is 1.14. The van der Waals surface area contributed by atoms with Crippen molar-refractivity contribution in [1.82, 2.24) is 4.57 Å². The molecule has 2 N–H and O–H groups in total. The van der Waals surface area contributed by atoms with E-state index in [-0.39, 0.29) is 5.92 Å². The van der Waals surface area contributed by atoms with Gasteiger partial charge in [-0.15, -0.1) is 0 Å². The van der Waals surface area contributed by atoms with Gasteiger partial charge in [0.25, 0.3) is 0 Å². The van der Waals surface area contributed by atoms with Crippen LogP contribution < -0.4 is 0 Å². The van der Waals surface area contributed by atoms with Crippen LogP contribution in [0.25, 0.3) is 27.5 Å². The molecule has 1 unspecified atom stereocenters. The van der Waals surface area contributed by atoms with E-state index in [0.29, 0.717) is 10.8 Å². The van der Waals surface area contributed by atoms with Crippen molar-refractivity contribution >= 4 is 44.3 Å². The number of hydrogen-bond acceptors (Lipinski definition) is 3. The van der Waals surface area contributed by atoms with Gasteiger partial charge in [0.05, 0.1) is 27.7 Å². The lowest BCUT2D eigenvalue weighted by Gasteiger charge is -2.14. The van der Waals surface area contributed by atoms with Crippen LogP contribution in [0.3, 0.4) is 0 Å². The van der Waals surface area contributed by atoms with Crippen molar-refractivity contribution in [3.63, 3.8) is 0 Å². The predicted octanol–water partition coefficient (Wildman–Crippen LogP) is 7.02. The van der Waals surface area contributed by atoms with Gasteiger partial charge in [0.15, 0.2) is 0 Å². The fraction of sp³-hybridized carbons (Fsp3) is 0.0370. The molecular formula is C27H19N3S. The average molecular weight is 418 g/mol. The van der Waals surface area contributed by atoms with E-state index in [0.717, 1.165) is 38.1 Å². The molecule has 4 aromatic carbocycles. The third-order valence-electron chi connectivity index (χ3n) is 6.00. The molecule has 1 aromatic heterocycles. The van der Waals surface area contributed by atoms with Gasteiger partial charge in [-0.3, -0.25) is 5.41 Å². The summed E-state index contributed by atoms with van der Waals surface area (Å²) in [6.07, 6.45) is 0. The van der Waals surface area contributed by atoms with Gasteiger partial charge in [-0.1, -0.05) is 72.4 Å². The summed E-state index contributed by atoms with van der Waals surface area (Å²) in [6.45, 7) is 0. The highest BCUT2D eigenvalue weighted by molar-refractivity contribution is 8.14. The molecule has 6 rings (SSSR count). The summed E-state index contributed by atoms with van der Waals surface area (Å²) < 4.78 is 2.28. The molecule has 1 aliphatic heterocycles. The Morgan fingerprint density at radius 2 is 1.45 bits per heavy atom. The van der Waals surface area contributed by atoms with Crippen LogP contribution >= 0.6 is 11.8 Å². The van der Waals surface area contributed by atoms with Crippen molar-refractivity contribution in [2.75, 3.05) is 0 Å². The molecular weight excluding hydrogens is 398 g/mol. The number of rotatable bonds is 3. The number of fused-ring (bicyclic) bond motifs is 4. The van der Waals surface area contributed by atoms with Gasteiger partial charge in [-0.25, -0.2) is 0 Å². The molecule has 0 radical (unpaired) electrons. The maximum absolute atomic E-state index is 8.98. The lowest BCUT2D eigenvalue weighted by atomic mass is 9.90. The monoisotopic (exact) mass is 417 g/mol. The maximum atomic E-state index is 8.98. The fourth-order valence-electron chi connectivity index (χ4n) is 4.58. The Kier molecular flexibility index (Phi) is 4.08. The fourth-order valence-corrected chi connectivity index (χ4v) is 5.63. The first-order valence-electron chi connectivity index (χ1n) is 10.2. The molecule has 0 saturated heterocycles. The van der Waals surface area contributed by atoms with Gasteiger partial charge >= 0.3 is 0 Å². The highest BCUT2D eigenvalue weighted by atomic mass is 32.2. The van der Waals surface area contributed by atoms with Crippen molar-refractivity contribution in [2.45, 2.75) is 10.8 Å². The third kappa shape index (κ3) is 2.76. The van der Waals surface area contributed by atoms with Gasteiger partial charge in [0, 0.05) is 21.4 Å². The van der Waals surface area contributed by atoms with E-state index in [9.17, 15) is 0 Å². The van der Waals surface area contributed by atoms with Crippen LogP contribution in [0.2, 0.25) is 0 Å². The summed E-state index contributed by atoms with van der Waals surface area (Å²) in [6, 6.07) is 33.2. The molecule has 0 fully saturated rings. The zero-order chi connectivity index (χ0) is 20.9. The van der Waals surface area contributed by atoms with Crippen LogP contribution in [0, 0.1) is 10.8 Å². The molecule has 4 heteroatoms. The Morgan fingerprint density at radius 1 is 0.742 bits per heavy atom. The molecule has 2 heterocycles. The van der Waals surface area contributed by atoms with Crippen molar-refractivity contribution in [2.24, 2.45) is 0 Å². The van der Waals surface area contributed by atoms with E-state index in [1.54, 1.807) is 0 Å². The molecule has 1 aliphatic rings. The highest BCUT2D eigenvalue weighted by Crippen LogP contribution is 2.43. The molecule has 3 nitrogen and oxygen atoms in total. The van der Waals surface area contributed by atoms with Gasteiger partial charge in [0.2, 0.25) is 0 Å². The summed E-state index contributed by atoms with van der Waals surface area (Å²) in [5, 5.41) is 20.3. The molecule has 148 valence electrons. The minimum atomic E-state index is -0.291. The van der Waals surface area contributed by atoms with E-state index >= 15 is 0 Å². The Balaban J connectivity index is 1.54. The van der Waals surface area contributed by atoms with Crippen molar-refractivity contribution in [3.05, 3.63) is 108 Å². The Hall–Kier alpha value is -3.63. The quantitative estimate of drug-likeness (QED) is 0.305. The normalized spacial score (nSPS) is 15.5. The molecule has 0 saturated carbocycles. The standard InChI is InChI=1S/C27H19N3S/c28-26(25-20-11-5-7-13-24(20)31-27(25)29)17-14-15-23-21(16-17)19-10-4-6-12-22(19)30(23)18-8-2-1-3-9-18/h1-16,25,28-29H. The van der Waals surface area contributed by atoms with Crippen molar-refractivity contribution in [3.8, 4) is 5.69 Å². The van der Waals surface area contributed by atoms with Crippen LogP contribution in [0.1, 0.15) is 17.0 Å². The molecule has 5 aromatic rings. The van der Waals surface area contributed by atoms with Crippen molar-refractivity contribution in [1.29, 1.82) is 10.8 Å². The van der Waals surface area contributed by atoms with Gasteiger partial charge in [-0.2, -0.15) is 0 Å². The van der Waals surface area contributed by atoms with Crippen LogP contribution in [-0.4, -0.2) is 15.3 Å². The minimum absolute atomic E-state index is 0.291. The Bertz CT molecular complexity index is 1500. The summed E-state index contributed by atoms with van der Waals surface area (Å²) in [4.78, 5) is 1.09. The van der Waals surface area contributed by atoms with Gasteiger partial charge in [-0.05, 0) is 47.5 Å². The first-order chi connectivity index (χ1) is 15.2. The van der Waals surface area contributed by atoms with Crippen LogP contribution in [0.5, 0.6) is 0 Å². The molecule has 31 heavy (non-hydrogen) atoms. The number of benzene rings is 4. The topological polar surface area (TPSA) is 52.6 Å². The molecule has 1 atom stereocenters. The SMILES string of the molecule is N=C1Sc2ccccc2C1C(=N)c1ccc2c(c1)c1ccccc1n2-c1ccccc1. The maximum Gasteiger partial charge on any atom is 0.0824 e. The number of aromatic nitrogens is 1. The van der Waals surface area contributed by atoms with E-state index < -0.39 is 0 Å². The number of nitrogens with zero attached hydrogens (tertiary/aromatic N) is 1. The van der Waals surface area contributed by atoms with Gasteiger partial charge < -0.3 is 9.98 Å². The Morgan fingerprint density at radius 3 is 2.32 bits per heavy atom. The first kappa shape index (κ1) is 18.2. The molecule has 0 aliphatic carbocycles. The summed E-state index contributed by atoms with van der Waals surface area (Å²) in [5.41, 5.74) is 5.83. The molecule has 0 amide bonds.